The summed E-state index contributed by atoms with van der Waals surface area (Å²) < 4.78 is 10.1. The van der Waals surface area contributed by atoms with E-state index in [0.717, 1.165) is 31.7 Å². The van der Waals surface area contributed by atoms with Crippen LogP contribution in [-0.4, -0.2) is 43.7 Å². The number of methoxy groups -OCH3 is 1. The third-order valence-corrected chi connectivity index (χ3v) is 4.45. The van der Waals surface area contributed by atoms with Gasteiger partial charge in [0.25, 0.3) is 0 Å². The van der Waals surface area contributed by atoms with Gasteiger partial charge in [-0.25, -0.2) is 4.79 Å². The van der Waals surface area contributed by atoms with Crippen LogP contribution in [0, 0.1) is 5.92 Å². The van der Waals surface area contributed by atoms with Crippen molar-refractivity contribution in [2.75, 3.05) is 26.7 Å². The molecule has 2 fully saturated rings. The molecule has 1 atom stereocenters. The van der Waals surface area contributed by atoms with E-state index >= 15 is 0 Å². The van der Waals surface area contributed by atoms with Gasteiger partial charge in [0.2, 0.25) is 5.76 Å². The maximum Gasteiger partial charge on any atom is 0.374 e. The highest BCUT2D eigenvalue weighted by atomic mass is 16.5. The Hall–Kier alpha value is -1.33. The van der Waals surface area contributed by atoms with E-state index in [1.54, 1.807) is 6.26 Å². The highest BCUT2D eigenvalue weighted by Crippen LogP contribution is 2.30. The van der Waals surface area contributed by atoms with Crippen LogP contribution in [0.1, 0.15) is 41.8 Å². The van der Waals surface area contributed by atoms with Crippen molar-refractivity contribution in [1.82, 2.24) is 10.2 Å². The number of esters is 1. The van der Waals surface area contributed by atoms with Crippen molar-refractivity contribution in [3.8, 4) is 0 Å². The molecule has 0 bridgehead atoms. The van der Waals surface area contributed by atoms with E-state index in [4.69, 9.17) is 9.15 Å². The number of nitrogens with one attached hydrogen (secondary N) is 1. The van der Waals surface area contributed by atoms with Crippen LogP contribution < -0.4 is 5.32 Å². The molecule has 0 spiro atoms. The zero-order valence-corrected chi connectivity index (χ0v) is 12.6. The van der Waals surface area contributed by atoms with Gasteiger partial charge < -0.3 is 14.5 Å². The zero-order chi connectivity index (χ0) is 14.7. The quantitative estimate of drug-likeness (QED) is 0.813. The van der Waals surface area contributed by atoms with Gasteiger partial charge in [-0.2, -0.15) is 0 Å². The molecule has 0 aromatic carbocycles. The second-order valence-electron chi connectivity index (χ2n) is 6.14. The first kappa shape index (κ1) is 14.6. The van der Waals surface area contributed by atoms with Gasteiger partial charge in [0.15, 0.2) is 0 Å². The lowest BCUT2D eigenvalue weighted by molar-refractivity contribution is 0.0561. The summed E-state index contributed by atoms with van der Waals surface area (Å²) in [4.78, 5) is 14.2. The maximum atomic E-state index is 11.7. The van der Waals surface area contributed by atoms with Crippen LogP contribution in [0.3, 0.4) is 0 Å². The fourth-order valence-electron chi connectivity index (χ4n) is 3.14. The maximum absolute atomic E-state index is 11.7. The number of hydrogen-bond acceptors (Lipinski definition) is 5. The van der Waals surface area contributed by atoms with Crippen LogP contribution in [0.25, 0.3) is 0 Å². The molecule has 3 rings (SSSR count). The molecule has 0 amide bonds. The number of carbonyl (C=O) groups excluding carboxylic acids is 1. The van der Waals surface area contributed by atoms with Gasteiger partial charge in [0.05, 0.1) is 13.4 Å². The standard InChI is InChI=1S/C16H24N2O3/c1-20-16(19)15-13(6-8-21-15)11-18(14-4-5-14)10-12-3-2-7-17-9-12/h6,8,12,14,17H,2-5,7,9-11H2,1H3. The highest BCUT2D eigenvalue weighted by molar-refractivity contribution is 5.87. The molecule has 5 nitrogen and oxygen atoms in total. The van der Waals surface area contributed by atoms with Crippen LogP contribution in [0.2, 0.25) is 0 Å². The smallest absolute Gasteiger partial charge is 0.374 e. The summed E-state index contributed by atoms with van der Waals surface area (Å²) in [5.41, 5.74) is 0.942. The van der Waals surface area contributed by atoms with Gasteiger partial charge in [0.1, 0.15) is 0 Å². The summed E-state index contributed by atoms with van der Waals surface area (Å²) >= 11 is 0. The topological polar surface area (TPSA) is 54.7 Å². The van der Waals surface area contributed by atoms with E-state index in [-0.39, 0.29) is 5.97 Å². The van der Waals surface area contributed by atoms with Gasteiger partial charge in [-0.1, -0.05) is 0 Å². The number of carbonyl (C=O) groups is 1. The highest BCUT2D eigenvalue weighted by Gasteiger charge is 2.32. The number of nitrogens with zero attached hydrogens (tertiary/aromatic N) is 1. The second-order valence-corrected chi connectivity index (χ2v) is 6.14. The molecule has 1 saturated carbocycles. The SMILES string of the molecule is COC(=O)c1occc1CN(CC1CCCNC1)C1CC1. The van der Waals surface area contributed by atoms with Crippen LogP contribution >= 0.6 is 0 Å². The van der Waals surface area contributed by atoms with E-state index in [1.165, 1.54) is 32.8 Å². The molecular formula is C16H24N2O3. The lowest BCUT2D eigenvalue weighted by Crippen LogP contribution is -2.39. The van der Waals surface area contributed by atoms with Crippen molar-refractivity contribution in [3.05, 3.63) is 23.7 Å². The fourth-order valence-corrected chi connectivity index (χ4v) is 3.14. The molecule has 1 N–H and O–H groups in total. The zero-order valence-electron chi connectivity index (χ0n) is 12.6. The molecular weight excluding hydrogens is 268 g/mol. The molecule has 1 aliphatic heterocycles. The molecule has 1 aromatic heterocycles. The van der Waals surface area contributed by atoms with Crippen LogP contribution in [0.4, 0.5) is 0 Å². The summed E-state index contributed by atoms with van der Waals surface area (Å²) in [5, 5.41) is 3.48. The molecule has 1 unspecified atom stereocenters. The van der Waals surface area contributed by atoms with Crippen molar-refractivity contribution < 1.29 is 13.9 Å². The minimum atomic E-state index is -0.384. The van der Waals surface area contributed by atoms with Crippen molar-refractivity contribution in [3.63, 3.8) is 0 Å². The normalized spacial score (nSPS) is 22.5. The van der Waals surface area contributed by atoms with E-state index in [0.29, 0.717) is 17.7 Å². The Morgan fingerprint density at radius 3 is 3.00 bits per heavy atom. The summed E-state index contributed by atoms with van der Waals surface area (Å²) in [6.07, 6.45) is 6.68. The Morgan fingerprint density at radius 2 is 2.33 bits per heavy atom. The first-order valence-electron chi connectivity index (χ1n) is 7.87. The van der Waals surface area contributed by atoms with Crippen LogP contribution in [0.5, 0.6) is 0 Å². The monoisotopic (exact) mass is 292 g/mol. The molecule has 2 heterocycles. The molecule has 5 heteroatoms. The van der Waals surface area contributed by atoms with Gasteiger partial charge in [0, 0.05) is 24.7 Å². The predicted molar refractivity (Wildman–Crippen MR) is 79.1 cm³/mol. The second kappa shape index (κ2) is 6.62. The number of hydrogen-bond donors (Lipinski definition) is 1. The molecule has 2 aliphatic rings. The Balaban J connectivity index is 1.65. The summed E-state index contributed by atoms with van der Waals surface area (Å²) in [6.45, 7) is 4.14. The summed E-state index contributed by atoms with van der Waals surface area (Å²) in [5.74, 6) is 0.683. The van der Waals surface area contributed by atoms with Gasteiger partial charge in [-0.15, -0.1) is 0 Å². The fraction of sp³-hybridized carbons (Fsp3) is 0.688. The van der Waals surface area contributed by atoms with Crippen molar-refractivity contribution in [2.24, 2.45) is 5.92 Å². The van der Waals surface area contributed by atoms with Gasteiger partial charge in [-0.05, 0) is 50.8 Å². The number of ether oxygens (including phenoxy) is 1. The minimum Gasteiger partial charge on any atom is -0.463 e. The largest absolute Gasteiger partial charge is 0.463 e. The van der Waals surface area contributed by atoms with Crippen molar-refractivity contribution in [2.45, 2.75) is 38.3 Å². The lowest BCUT2D eigenvalue weighted by Gasteiger charge is -2.30. The van der Waals surface area contributed by atoms with Gasteiger partial charge in [-0.3, -0.25) is 4.90 Å². The number of rotatable bonds is 6. The molecule has 1 saturated heterocycles. The van der Waals surface area contributed by atoms with Crippen LogP contribution in [0.15, 0.2) is 16.7 Å². The van der Waals surface area contributed by atoms with Crippen LogP contribution in [-0.2, 0) is 11.3 Å². The number of furan rings is 1. The molecule has 21 heavy (non-hydrogen) atoms. The lowest BCUT2D eigenvalue weighted by atomic mass is 9.98. The summed E-state index contributed by atoms with van der Waals surface area (Å²) in [6, 6.07) is 2.56. The van der Waals surface area contributed by atoms with E-state index in [9.17, 15) is 4.79 Å². The van der Waals surface area contributed by atoms with E-state index in [2.05, 4.69) is 10.2 Å². The molecule has 1 aromatic rings. The van der Waals surface area contributed by atoms with Crippen molar-refractivity contribution >= 4 is 5.97 Å². The predicted octanol–water partition coefficient (Wildman–Crippen LogP) is 2.03. The minimum absolute atomic E-state index is 0.352. The Bertz CT molecular complexity index is 476. The Morgan fingerprint density at radius 1 is 1.48 bits per heavy atom. The average molecular weight is 292 g/mol. The third-order valence-electron chi connectivity index (χ3n) is 4.45. The van der Waals surface area contributed by atoms with Gasteiger partial charge >= 0.3 is 5.97 Å². The third kappa shape index (κ3) is 3.66. The molecule has 0 radical (unpaired) electrons. The molecule has 116 valence electrons. The van der Waals surface area contributed by atoms with Crippen molar-refractivity contribution in [1.29, 1.82) is 0 Å². The van der Waals surface area contributed by atoms with E-state index in [1.807, 2.05) is 6.07 Å². The number of piperidine rings is 1. The first-order valence-corrected chi connectivity index (χ1v) is 7.87. The summed E-state index contributed by atoms with van der Waals surface area (Å²) in [7, 11) is 1.39. The average Bonchev–Trinajstić information content (AvgIpc) is 3.27. The first-order chi connectivity index (χ1) is 10.3. The molecule has 1 aliphatic carbocycles. The Kier molecular flexibility index (Phi) is 4.60. The van der Waals surface area contributed by atoms with E-state index < -0.39 is 0 Å². The Labute approximate surface area is 125 Å².